The molecule has 0 spiro atoms. The molecule has 0 aliphatic carbocycles. The maximum atomic E-state index is 11.9. The Morgan fingerprint density at radius 1 is 1.25 bits per heavy atom. The first-order valence-electron chi connectivity index (χ1n) is 7.80. The highest BCUT2D eigenvalue weighted by Crippen LogP contribution is 2.16. The van der Waals surface area contributed by atoms with Crippen LogP contribution in [0.25, 0.3) is 0 Å². The van der Waals surface area contributed by atoms with Crippen molar-refractivity contribution in [3.8, 4) is 5.75 Å². The molecule has 0 radical (unpaired) electrons. The van der Waals surface area contributed by atoms with Gasteiger partial charge < -0.3 is 15.0 Å². The van der Waals surface area contributed by atoms with Crippen LogP contribution in [0.3, 0.4) is 0 Å². The van der Waals surface area contributed by atoms with Crippen LogP contribution in [0.1, 0.15) is 29.7 Å². The van der Waals surface area contributed by atoms with Gasteiger partial charge in [0.05, 0.1) is 6.61 Å². The maximum Gasteiger partial charge on any atom is 0.253 e. The Bertz CT molecular complexity index is 754. The summed E-state index contributed by atoms with van der Waals surface area (Å²) in [6.07, 6.45) is 0.977. The van der Waals surface area contributed by atoms with Crippen molar-refractivity contribution in [2.45, 2.75) is 33.2 Å². The van der Waals surface area contributed by atoms with Crippen molar-refractivity contribution in [2.75, 3.05) is 6.61 Å². The highest BCUT2D eigenvalue weighted by molar-refractivity contribution is 9.10. The quantitative estimate of drug-likeness (QED) is 0.710. The first-order chi connectivity index (χ1) is 11.5. The molecule has 1 heterocycles. The number of benzene rings is 1. The standard InChI is InChI=1S/C18H21BrN2O3/c1-12-10-13(2)21-18(23)16(12)11-20-17(22)4-3-9-24-15-7-5-14(19)6-8-15/h5-8,10H,3-4,9,11H2,1-2H3,(H,20,22)(H,21,23). The van der Waals surface area contributed by atoms with Crippen LogP contribution in [-0.2, 0) is 11.3 Å². The minimum absolute atomic E-state index is 0.0891. The summed E-state index contributed by atoms with van der Waals surface area (Å²) in [6.45, 7) is 4.42. The number of aromatic nitrogens is 1. The zero-order chi connectivity index (χ0) is 17.5. The summed E-state index contributed by atoms with van der Waals surface area (Å²) >= 11 is 3.36. The molecule has 0 atom stereocenters. The van der Waals surface area contributed by atoms with Gasteiger partial charge in [-0.15, -0.1) is 0 Å². The van der Waals surface area contributed by atoms with Crippen molar-refractivity contribution in [1.29, 1.82) is 0 Å². The van der Waals surface area contributed by atoms with Crippen molar-refractivity contribution >= 4 is 21.8 Å². The van der Waals surface area contributed by atoms with Gasteiger partial charge in [-0.3, -0.25) is 9.59 Å². The molecule has 1 aromatic heterocycles. The number of hydrogen-bond donors (Lipinski definition) is 2. The molecule has 0 saturated carbocycles. The van der Waals surface area contributed by atoms with Crippen molar-refractivity contribution in [2.24, 2.45) is 0 Å². The number of amides is 1. The molecule has 1 amide bonds. The van der Waals surface area contributed by atoms with Gasteiger partial charge in [-0.05, 0) is 56.2 Å². The Morgan fingerprint density at radius 2 is 1.96 bits per heavy atom. The number of H-pyrrole nitrogens is 1. The molecule has 0 aliphatic rings. The number of ether oxygens (including phenoxy) is 1. The number of halogens is 1. The number of pyridine rings is 1. The monoisotopic (exact) mass is 392 g/mol. The van der Waals surface area contributed by atoms with Crippen molar-refractivity contribution in [1.82, 2.24) is 10.3 Å². The van der Waals surface area contributed by atoms with Gasteiger partial charge in [0.2, 0.25) is 5.91 Å². The second-order valence-corrected chi connectivity index (χ2v) is 6.54. The number of carbonyl (C=O) groups is 1. The first kappa shape index (κ1) is 18.3. The van der Waals surface area contributed by atoms with E-state index in [0.29, 0.717) is 25.0 Å². The van der Waals surface area contributed by atoms with Crippen LogP contribution in [0.2, 0.25) is 0 Å². The lowest BCUT2D eigenvalue weighted by Crippen LogP contribution is -2.28. The molecule has 24 heavy (non-hydrogen) atoms. The third-order valence-electron chi connectivity index (χ3n) is 3.59. The number of aryl methyl sites for hydroxylation is 2. The molecule has 0 saturated heterocycles. The van der Waals surface area contributed by atoms with E-state index in [1.165, 1.54) is 0 Å². The lowest BCUT2D eigenvalue weighted by Gasteiger charge is -2.09. The molecule has 2 aromatic rings. The molecule has 1 aromatic carbocycles. The minimum atomic E-state index is -0.147. The van der Waals surface area contributed by atoms with E-state index in [0.717, 1.165) is 21.5 Å². The highest BCUT2D eigenvalue weighted by Gasteiger charge is 2.07. The summed E-state index contributed by atoms with van der Waals surface area (Å²) in [5, 5.41) is 2.79. The van der Waals surface area contributed by atoms with Crippen LogP contribution in [0.4, 0.5) is 0 Å². The largest absolute Gasteiger partial charge is 0.494 e. The van der Waals surface area contributed by atoms with E-state index in [9.17, 15) is 9.59 Å². The lowest BCUT2D eigenvalue weighted by molar-refractivity contribution is -0.121. The van der Waals surface area contributed by atoms with Gasteiger partial charge in [-0.1, -0.05) is 15.9 Å². The fraction of sp³-hybridized carbons (Fsp3) is 0.333. The van der Waals surface area contributed by atoms with Gasteiger partial charge >= 0.3 is 0 Å². The van der Waals surface area contributed by atoms with E-state index in [1.54, 1.807) is 0 Å². The molecule has 2 N–H and O–H groups in total. The summed E-state index contributed by atoms with van der Waals surface area (Å²) in [7, 11) is 0. The zero-order valence-electron chi connectivity index (χ0n) is 13.8. The number of hydrogen-bond acceptors (Lipinski definition) is 3. The van der Waals surface area contributed by atoms with Gasteiger partial charge in [0.1, 0.15) is 5.75 Å². The van der Waals surface area contributed by atoms with E-state index in [-0.39, 0.29) is 18.0 Å². The van der Waals surface area contributed by atoms with Crippen LogP contribution in [0.15, 0.2) is 39.6 Å². The van der Waals surface area contributed by atoms with Crippen LogP contribution in [0.5, 0.6) is 5.75 Å². The van der Waals surface area contributed by atoms with Gasteiger partial charge in [0.25, 0.3) is 5.56 Å². The highest BCUT2D eigenvalue weighted by atomic mass is 79.9. The molecular weight excluding hydrogens is 372 g/mol. The van der Waals surface area contributed by atoms with Crippen molar-refractivity contribution < 1.29 is 9.53 Å². The van der Waals surface area contributed by atoms with E-state index in [4.69, 9.17) is 4.74 Å². The predicted octanol–water partition coefficient (Wildman–Crippen LogP) is 3.23. The van der Waals surface area contributed by atoms with Crippen molar-refractivity contribution in [3.05, 3.63) is 62.0 Å². The number of carbonyl (C=O) groups excluding carboxylic acids is 1. The minimum Gasteiger partial charge on any atom is -0.494 e. The fourth-order valence-electron chi connectivity index (χ4n) is 2.33. The Kier molecular flexibility index (Phi) is 6.61. The SMILES string of the molecule is Cc1cc(C)c(CNC(=O)CCCOc2ccc(Br)cc2)c(=O)[nH]1. The fourth-order valence-corrected chi connectivity index (χ4v) is 2.59. The molecule has 0 aliphatic heterocycles. The molecule has 5 nitrogen and oxygen atoms in total. The second kappa shape index (κ2) is 8.68. The summed E-state index contributed by atoms with van der Waals surface area (Å²) in [4.78, 5) is 26.5. The van der Waals surface area contributed by atoms with Crippen LogP contribution in [-0.4, -0.2) is 17.5 Å². The smallest absolute Gasteiger partial charge is 0.253 e. The first-order valence-corrected chi connectivity index (χ1v) is 8.59. The molecule has 6 heteroatoms. The molecule has 2 rings (SSSR count). The Morgan fingerprint density at radius 3 is 2.62 bits per heavy atom. The van der Waals surface area contributed by atoms with Gasteiger partial charge in [-0.25, -0.2) is 0 Å². The molecule has 0 bridgehead atoms. The van der Waals surface area contributed by atoms with Crippen LogP contribution in [0, 0.1) is 13.8 Å². The number of rotatable bonds is 7. The molecular formula is C18H21BrN2O3. The average Bonchev–Trinajstić information content (AvgIpc) is 2.52. The van der Waals surface area contributed by atoms with E-state index in [2.05, 4.69) is 26.2 Å². The Labute approximate surface area is 149 Å². The molecule has 128 valence electrons. The molecule has 0 fully saturated rings. The number of nitrogens with one attached hydrogen (secondary N) is 2. The third-order valence-corrected chi connectivity index (χ3v) is 4.12. The summed E-state index contributed by atoms with van der Waals surface area (Å²) in [5.74, 6) is 0.689. The van der Waals surface area contributed by atoms with Crippen LogP contribution >= 0.6 is 15.9 Å². The predicted molar refractivity (Wildman–Crippen MR) is 97.3 cm³/mol. The Balaban J connectivity index is 1.72. The summed E-state index contributed by atoms with van der Waals surface area (Å²) in [5.41, 5.74) is 2.15. The summed E-state index contributed by atoms with van der Waals surface area (Å²) in [6, 6.07) is 9.45. The van der Waals surface area contributed by atoms with Gasteiger partial charge in [0, 0.05) is 28.7 Å². The lowest BCUT2D eigenvalue weighted by atomic mass is 10.1. The second-order valence-electron chi connectivity index (χ2n) is 5.63. The van der Waals surface area contributed by atoms with E-state index >= 15 is 0 Å². The third kappa shape index (κ3) is 5.53. The average molecular weight is 393 g/mol. The topological polar surface area (TPSA) is 71.2 Å². The van der Waals surface area contributed by atoms with E-state index < -0.39 is 0 Å². The Hall–Kier alpha value is -2.08. The van der Waals surface area contributed by atoms with Gasteiger partial charge in [0.15, 0.2) is 0 Å². The summed E-state index contributed by atoms with van der Waals surface area (Å²) < 4.78 is 6.57. The number of aromatic amines is 1. The van der Waals surface area contributed by atoms with E-state index in [1.807, 2.05) is 44.2 Å². The molecule has 0 unspecified atom stereocenters. The maximum absolute atomic E-state index is 11.9. The zero-order valence-corrected chi connectivity index (χ0v) is 15.4. The van der Waals surface area contributed by atoms with Crippen LogP contribution < -0.4 is 15.6 Å². The van der Waals surface area contributed by atoms with Gasteiger partial charge in [-0.2, -0.15) is 0 Å². The normalized spacial score (nSPS) is 10.5. The van der Waals surface area contributed by atoms with Crippen molar-refractivity contribution in [3.63, 3.8) is 0 Å².